The lowest BCUT2D eigenvalue weighted by molar-refractivity contribution is 0.0807. The van der Waals surface area contributed by atoms with Gasteiger partial charge in [0.2, 0.25) is 0 Å². The van der Waals surface area contributed by atoms with Gasteiger partial charge in [-0.05, 0) is 71.0 Å². The highest BCUT2D eigenvalue weighted by molar-refractivity contribution is 4.90. The van der Waals surface area contributed by atoms with Crippen molar-refractivity contribution in [3.63, 3.8) is 0 Å². The molecule has 2 fully saturated rings. The number of nitrogens with one attached hydrogen (secondary N) is 1. The number of nitrogens with zero attached hydrogens (tertiary/aromatic N) is 1. The zero-order valence-electron chi connectivity index (χ0n) is 13.6. The predicted octanol–water partition coefficient (Wildman–Crippen LogP) is 3.05. The maximum atomic E-state index is 5.36. The molecule has 0 aromatic carbocycles. The number of ether oxygens (including phenoxy) is 1. The maximum Gasteiger partial charge on any atom is 0.0477 e. The van der Waals surface area contributed by atoms with Crippen molar-refractivity contribution >= 4 is 0 Å². The summed E-state index contributed by atoms with van der Waals surface area (Å²) in [5.74, 6) is 0. The van der Waals surface area contributed by atoms with E-state index in [1.165, 1.54) is 51.6 Å². The third-order valence-corrected chi connectivity index (χ3v) is 5.43. The van der Waals surface area contributed by atoms with Crippen LogP contribution < -0.4 is 5.32 Å². The number of piperidine rings is 1. The molecule has 0 radical (unpaired) electrons. The van der Waals surface area contributed by atoms with Crippen molar-refractivity contribution in [3.8, 4) is 0 Å². The molecule has 1 aliphatic heterocycles. The SMILES string of the molecule is CCOCCCNCC(C)N1CCC2(CCCC2)CC1. The molecule has 1 N–H and O–H groups in total. The van der Waals surface area contributed by atoms with Crippen LogP contribution in [0.2, 0.25) is 0 Å². The third kappa shape index (κ3) is 4.71. The van der Waals surface area contributed by atoms with E-state index in [1.54, 1.807) is 0 Å². The quantitative estimate of drug-likeness (QED) is 0.693. The van der Waals surface area contributed by atoms with Gasteiger partial charge in [-0.1, -0.05) is 12.8 Å². The molecule has 20 heavy (non-hydrogen) atoms. The maximum absolute atomic E-state index is 5.36. The van der Waals surface area contributed by atoms with Crippen LogP contribution in [0.1, 0.15) is 58.8 Å². The van der Waals surface area contributed by atoms with Gasteiger partial charge in [0.15, 0.2) is 0 Å². The fourth-order valence-electron chi connectivity index (χ4n) is 3.95. The topological polar surface area (TPSA) is 24.5 Å². The van der Waals surface area contributed by atoms with Crippen LogP contribution >= 0.6 is 0 Å². The average molecular weight is 282 g/mol. The van der Waals surface area contributed by atoms with E-state index >= 15 is 0 Å². The van der Waals surface area contributed by atoms with E-state index in [9.17, 15) is 0 Å². The van der Waals surface area contributed by atoms with E-state index in [0.29, 0.717) is 6.04 Å². The molecule has 1 spiro atoms. The summed E-state index contributed by atoms with van der Waals surface area (Å²) >= 11 is 0. The number of rotatable bonds is 8. The van der Waals surface area contributed by atoms with Crippen LogP contribution in [0.25, 0.3) is 0 Å². The van der Waals surface area contributed by atoms with Crippen LogP contribution in [0.3, 0.4) is 0 Å². The van der Waals surface area contributed by atoms with Gasteiger partial charge in [0.1, 0.15) is 0 Å². The minimum Gasteiger partial charge on any atom is -0.382 e. The van der Waals surface area contributed by atoms with Gasteiger partial charge in [-0.15, -0.1) is 0 Å². The van der Waals surface area contributed by atoms with Crippen molar-refractivity contribution in [2.45, 2.75) is 64.8 Å². The molecule has 2 aliphatic rings. The number of likely N-dealkylation sites (tertiary alicyclic amines) is 1. The van der Waals surface area contributed by atoms with Gasteiger partial charge >= 0.3 is 0 Å². The molecule has 0 aromatic heterocycles. The molecule has 0 bridgehead atoms. The van der Waals surface area contributed by atoms with E-state index in [1.807, 2.05) is 0 Å². The standard InChI is InChI=1S/C17H34N2O/c1-3-20-14-6-11-18-15-16(2)19-12-9-17(10-13-19)7-4-5-8-17/h16,18H,3-15H2,1-2H3. The Morgan fingerprint density at radius 1 is 1.15 bits per heavy atom. The van der Waals surface area contributed by atoms with Crippen molar-refractivity contribution < 1.29 is 4.74 Å². The molecular formula is C17H34N2O. The second-order valence-corrected chi connectivity index (χ2v) is 6.85. The summed E-state index contributed by atoms with van der Waals surface area (Å²) in [5.41, 5.74) is 0.751. The largest absolute Gasteiger partial charge is 0.382 e. The fraction of sp³-hybridized carbons (Fsp3) is 1.00. The smallest absolute Gasteiger partial charge is 0.0477 e. The van der Waals surface area contributed by atoms with Gasteiger partial charge in [-0.25, -0.2) is 0 Å². The lowest BCUT2D eigenvalue weighted by Gasteiger charge is -2.42. The van der Waals surface area contributed by atoms with E-state index < -0.39 is 0 Å². The molecule has 1 unspecified atom stereocenters. The van der Waals surface area contributed by atoms with Crippen molar-refractivity contribution in [3.05, 3.63) is 0 Å². The number of hydrogen-bond donors (Lipinski definition) is 1. The average Bonchev–Trinajstić information content (AvgIpc) is 2.91. The fourth-order valence-corrected chi connectivity index (χ4v) is 3.95. The highest BCUT2D eigenvalue weighted by Crippen LogP contribution is 2.46. The van der Waals surface area contributed by atoms with Crippen molar-refractivity contribution in [1.29, 1.82) is 0 Å². The van der Waals surface area contributed by atoms with Crippen LogP contribution in [-0.2, 0) is 4.74 Å². The van der Waals surface area contributed by atoms with E-state index in [4.69, 9.17) is 4.74 Å². The molecular weight excluding hydrogens is 248 g/mol. The molecule has 1 heterocycles. The molecule has 3 nitrogen and oxygen atoms in total. The summed E-state index contributed by atoms with van der Waals surface area (Å²) in [4.78, 5) is 2.69. The number of hydrogen-bond acceptors (Lipinski definition) is 3. The Bertz CT molecular complexity index is 254. The predicted molar refractivity (Wildman–Crippen MR) is 85.1 cm³/mol. The Morgan fingerprint density at radius 3 is 2.50 bits per heavy atom. The molecule has 1 saturated heterocycles. The Kier molecular flexibility index (Phi) is 6.79. The molecule has 3 heteroatoms. The van der Waals surface area contributed by atoms with Gasteiger partial charge in [0, 0.05) is 25.8 Å². The highest BCUT2D eigenvalue weighted by atomic mass is 16.5. The summed E-state index contributed by atoms with van der Waals surface area (Å²) in [6.07, 6.45) is 10.00. The van der Waals surface area contributed by atoms with Gasteiger partial charge in [0.25, 0.3) is 0 Å². The Morgan fingerprint density at radius 2 is 1.85 bits per heavy atom. The van der Waals surface area contributed by atoms with Crippen LogP contribution in [0.5, 0.6) is 0 Å². The lowest BCUT2D eigenvalue weighted by Crippen LogP contribution is -2.47. The Labute approximate surface area is 125 Å². The third-order valence-electron chi connectivity index (χ3n) is 5.43. The first-order valence-electron chi connectivity index (χ1n) is 8.78. The minimum absolute atomic E-state index is 0.681. The molecule has 1 aliphatic carbocycles. The van der Waals surface area contributed by atoms with Gasteiger partial charge in [-0.3, -0.25) is 4.90 Å². The van der Waals surface area contributed by atoms with Crippen molar-refractivity contribution in [2.24, 2.45) is 5.41 Å². The molecule has 0 aromatic rings. The summed E-state index contributed by atoms with van der Waals surface area (Å²) in [6, 6.07) is 0.681. The zero-order valence-corrected chi connectivity index (χ0v) is 13.6. The first-order valence-corrected chi connectivity index (χ1v) is 8.78. The van der Waals surface area contributed by atoms with Gasteiger partial charge in [0.05, 0.1) is 0 Å². The Hall–Kier alpha value is -0.120. The lowest BCUT2D eigenvalue weighted by atomic mass is 9.77. The van der Waals surface area contributed by atoms with Gasteiger partial charge < -0.3 is 10.1 Å². The Balaban J connectivity index is 1.56. The van der Waals surface area contributed by atoms with Crippen molar-refractivity contribution in [2.75, 3.05) is 39.4 Å². The summed E-state index contributed by atoms with van der Waals surface area (Å²) in [7, 11) is 0. The second-order valence-electron chi connectivity index (χ2n) is 6.85. The van der Waals surface area contributed by atoms with Crippen LogP contribution in [0, 0.1) is 5.41 Å². The monoisotopic (exact) mass is 282 g/mol. The molecule has 118 valence electrons. The molecule has 1 saturated carbocycles. The van der Waals surface area contributed by atoms with Crippen molar-refractivity contribution in [1.82, 2.24) is 10.2 Å². The van der Waals surface area contributed by atoms with Crippen LogP contribution in [0.4, 0.5) is 0 Å². The second kappa shape index (κ2) is 8.35. The first kappa shape index (κ1) is 16.3. The minimum atomic E-state index is 0.681. The summed E-state index contributed by atoms with van der Waals surface area (Å²) in [6.45, 7) is 11.0. The van der Waals surface area contributed by atoms with E-state index in [0.717, 1.165) is 38.1 Å². The highest BCUT2D eigenvalue weighted by Gasteiger charge is 2.37. The van der Waals surface area contributed by atoms with E-state index in [2.05, 4.69) is 24.1 Å². The summed E-state index contributed by atoms with van der Waals surface area (Å²) in [5, 5.41) is 3.58. The summed E-state index contributed by atoms with van der Waals surface area (Å²) < 4.78 is 5.36. The van der Waals surface area contributed by atoms with Crippen LogP contribution in [-0.4, -0.2) is 50.3 Å². The zero-order chi connectivity index (χ0) is 14.3. The molecule has 1 atom stereocenters. The van der Waals surface area contributed by atoms with Crippen LogP contribution in [0.15, 0.2) is 0 Å². The molecule has 0 amide bonds. The van der Waals surface area contributed by atoms with Gasteiger partial charge in [-0.2, -0.15) is 0 Å². The van der Waals surface area contributed by atoms with E-state index in [-0.39, 0.29) is 0 Å². The molecule has 2 rings (SSSR count). The normalized spacial score (nSPS) is 24.3. The first-order chi connectivity index (χ1) is 9.76.